The standard InChI is InChI=1S/C20H24N2O4/c1-20(2,3)15-9-6-13(7-10-15)18(23)21-22-19(24)14-8-11-16(25-4)17(12-14)26-5/h6-12H,1-5H3,(H,21,23)(H,22,24). The Hall–Kier alpha value is -3.02. The average molecular weight is 356 g/mol. The van der Waals surface area contributed by atoms with Crippen LogP contribution in [-0.4, -0.2) is 26.0 Å². The lowest BCUT2D eigenvalue weighted by molar-refractivity contribution is 0.0846. The third kappa shape index (κ3) is 4.53. The van der Waals surface area contributed by atoms with Crippen LogP contribution in [0.1, 0.15) is 47.1 Å². The molecule has 6 heteroatoms. The van der Waals surface area contributed by atoms with Gasteiger partial charge in [-0.3, -0.25) is 20.4 Å². The fourth-order valence-corrected chi connectivity index (χ4v) is 2.36. The van der Waals surface area contributed by atoms with E-state index in [1.54, 1.807) is 30.3 Å². The molecule has 0 saturated carbocycles. The summed E-state index contributed by atoms with van der Waals surface area (Å²) in [4.78, 5) is 24.4. The summed E-state index contributed by atoms with van der Waals surface area (Å²) in [6.07, 6.45) is 0. The molecule has 6 nitrogen and oxygen atoms in total. The molecule has 0 aliphatic rings. The number of benzene rings is 2. The van der Waals surface area contributed by atoms with E-state index in [1.165, 1.54) is 14.2 Å². The molecule has 2 N–H and O–H groups in total. The molecule has 0 atom stereocenters. The summed E-state index contributed by atoms with van der Waals surface area (Å²) >= 11 is 0. The van der Waals surface area contributed by atoms with Crippen molar-refractivity contribution in [3.05, 3.63) is 59.2 Å². The Balaban J connectivity index is 2.01. The summed E-state index contributed by atoms with van der Waals surface area (Å²) in [6.45, 7) is 6.31. The summed E-state index contributed by atoms with van der Waals surface area (Å²) in [5.74, 6) is 0.112. The molecule has 0 unspecified atom stereocenters. The summed E-state index contributed by atoms with van der Waals surface area (Å²) < 4.78 is 10.3. The van der Waals surface area contributed by atoms with E-state index in [2.05, 4.69) is 31.6 Å². The third-order valence-electron chi connectivity index (χ3n) is 3.95. The molecule has 0 aromatic heterocycles. The van der Waals surface area contributed by atoms with Crippen LogP contribution in [-0.2, 0) is 5.41 Å². The van der Waals surface area contributed by atoms with Crippen LogP contribution in [0.5, 0.6) is 11.5 Å². The maximum atomic E-state index is 12.2. The smallest absolute Gasteiger partial charge is 0.269 e. The molecule has 0 bridgehead atoms. The summed E-state index contributed by atoms with van der Waals surface area (Å²) in [5, 5.41) is 0. The van der Waals surface area contributed by atoms with Gasteiger partial charge >= 0.3 is 0 Å². The van der Waals surface area contributed by atoms with E-state index < -0.39 is 5.91 Å². The number of ether oxygens (including phenoxy) is 2. The number of nitrogens with one attached hydrogen (secondary N) is 2. The van der Waals surface area contributed by atoms with Crippen molar-refractivity contribution < 1.29 is 19.1 Å². The van der Waals surface area contributed by atoms with Gasteiger partial charge in [-0.15, -0.1) is 0 Å². The Kier molecular flexibility index (Phi) is 5.87. The van der Waals surface area contributed by atoms with Gasteiger partial charge in [0.2, 0.25) is 0 Å². The molecular formula is C20H24N2O4. The van der Waals surface area contributed by atoms with Gasteiger partial charge in [0.15, 0.2) is 11.5 Å². The summed E-state index contributed by atoms with van der Waals surface area (Å²) in [6, 6.07) is 12.0. The summed E-state index contributed by atoms with van der Waals surface area (Å²) in [7, 11) is 3.01. The number of hydrogen-bond acceptors (Lipinski definition) is 4. The minimum Gasteiger partial charge on any atom is -0.493 e. The van der Waals surface area contributed by atoms with Gasteiger partial charge in [0.1, 0.15) is 0 Å². The molecule has 2 aromatic carbocycles. The average Bonchev–Trinajstić information content (AvgIpc) is 2.64. The number of hydrogen-bond donors (Lipinski definition) is 2. The predicted octanol–water partition coefficient (Wildman–Crippen LogP) is 3.08. The van der Waals surface area contributed by atoms with Crippen molar-refractivity contribution in [1.29, 1.82) is 0 Å². The first kappa shape index (κ1) is 19.3. The zero-order valence-electron chi connectivity index (χ0n) is 15.7. The Bertz CT molecular complexity index is 792. The van der Waals surface area contributed by atoms with Crippen molar-refractivity contribution in [2.75, 3.05) is 14.2 Å². The molecule has 0 heterocycles. The number of carbonyl (C=O) groups is 2. The minimum absolute atomic E-state index is 0.0106. The van der Waals surface area contributed by atoms with Crippen LogP contribution in [0.15, 0.2) is 42.5 Å². The lowest BCUT2D eigenvalue weighted by atomic mass is 9.87. The fourth-order valence-electron chi connectivity index (χ4n) is 2.36. The quantitative estimate of drug-likeness (QED) is 0.826. The predicted molar refractivity (Wildman–Crippen MR) is 99.6 cm³/mol. The van der Waals surface area contributed by atoms with Crippen molar-refractivity contribution in [3.63, 3.8) is 0 Å². The molecule has 2 rings (SSSR count). The SMILES string of the molecule is COc1ccc(C(=O)NNC(=O)c2ccc(C(C)(C)C)cc2)cc1OC. The van der Waals surface area contributed by atoms with E-state index >= 15 is 0 Å². The Morgan fingerprint density at radius 1 is 0.769 bits per heavy atom. The van der Waals surface area contributed by atoms with Crippen molar-refractivity contribution in [2.24, 2.45) is 0 Å². The lowest BCUT2D eigenvalue weighted by Gasteiger charge is -2.19. The van der Waals surface area contributed by atoms with Crippen LogP contribution >= 0.6 is 0 Å². The number of carbonyl (C=O) groups excluding carboxylic acids is 2. The normalized spacial score (nSPS) is 10.8. The van der Waals surface area contributed by atoms with Gasteiger partial charge < -0.3 is 9.47 Å². The lowest BCUT2D eigenvalue weighted by Crippen LogP contribution is -2.41. The van der Waals surface area contributed by atoms with E-state index in [4.69, 9.17) is 9.47 Å². The zero-order valence-corrected chi connectivity index (χ0v) is 15.7. The van der Waals surface area contributed by atoms with Crippen molar-refractivity contribution in [1.82, 2.24) is 10.9 Å². The second-order valence-corrected chi connectivity index (χ2v) is 6.81. The highest BCUT2D eigenvalue weighted by molar-refractivity contribution is 5.99. The number of methoxy groups -OCH3 is 2. The van der Waals surface area contributed by atoms with Crippen LogP contribution in [0.25, 0.3) is 0 Å². The first-order valence-corrected chi connectivity index (χ1v) is 8.19. The second kappa shape index (κ2) is 7.91. The van der Waals surface area contributed by atoms with Crippen LogP contribution < -0.4 is 20.3 Å². The second-order valence-electron chi connectivity index (χ2n) is 6.81. The Labute approximate surface area is 153 Å². The van der Waals surface area contributed by atoms with Crippen LogP contribution in [0.2, 0.25) is 0 Å². The molecule has 0 radical (unpaired) electrons. The van der Waals surface area contributed by atoms with Gasteiger partial charge in [0, 0.05) is 11.1 Å². The monoisotopic (exact) mass is 356 g/mol. The van der Waals surface area contributed by atoms with E-state index in [9.17, 15) is 9.59 Å². The Morgan fingerprint density at radius 2 is 1.27 bits per heavy atom. The van der Waals surface area contributed by atoms with E-state index in [0.717, 1.165) is 5.56 Å². The first-order valence-electron chi connectivity index (χ1n) is 8.19. The molecule has 26 heavy (non-hydrogen) atoms. The number of rotatable bonds is 4. The molecule has 0 spiro atoms. The molecule has 0 saturated heterocycles. The van der Waals surface area contributed by atoms with Gasteiger partial charge in [-0.2, -0.15) is 0 Å². The third-order valence-corrected chi connectivity index (χ3v) is 3.95. The van der Waals surface area contributed by atoms with Gasteiger partial charge in [0.25, 0.3) is 11.8 Å². The van der Waals surface area contributed by atoms with Crippen LogP contribution in [0, 0.1) is 0 Å². The largest absolute Gasteiger partial charge is 0.493 e. The molecule has 0 aliphatic carbocycles. The molecule has 2 aromatic rings. The van der Waals surface area contributed by atoms with E-state index in [1.807, 2.05) is 12.1 Å². The van der Waals surface area contributed by atoms with Crippen molar-refractivity contribution in [3.8, 4) is 11.5 Å². The molecule has 0 fully saturated rings. The van der Waals surface area contributed by atoms with Gasteiger partial charge in [0.05, 0.1) is 14.2 Å². The minimum atomic E-state index is -0.453. The van der Waals surface area contributed by atoms with Crippen LogP contribution in [0.4, 0.5) is 0 Å². The van der Waals surface area contributed by atoms with E-state index in [-0.39, 0.29) is 11.3 Å². The number of amides is 2. The highest BCUT2D eigenvalue weighted by atomic mass is 16.5. The molecule has 138 valence electrons. The van der Waals surface area contributed by atoms with E-state index in [0.29, 0.717) is 22.6 Å². The molecule has 0 aliphatic heterocycles. The van der Waals surface area contributed by atoms with Crippen molar-refractivity contribution in [2.45, 2.75) is 26.2 Å². The zero-order chi connectivity index (χ0) is 19.3. The fraction of sp³-hybridized carbons (Fsp3) is 0.300. The van der Waals surface area contributed by atoms with Gasteiger partial charge in [-0.1, -0.05) is 32.9 Å². The van der Waals surface area contributed by atoms with Gasteiger partial charge in [-0.05, 0) is 41.3 Å². The highest BCUT2D eigenvalue weighted by Crippen LogP contribution is 2.27. The van der Waals surface area contributed by atoms with Crippen molar-refractivity contribution >= 4 is 11.8 Å². The number of hydrazine groups is 1. The highest BCUT2D eigenvalue weighted by Gasteiger charge is 2.15. The maximum Gasteiger partial charge on any atom is 0.269 e. The first-order chi connectivity index (χ1) is 12.3. The summed E-state index contributed by atoms with van der Waals surface area (Å²) in [5.41, 5.74) is 6.75. The van der Waals surface area contributed by atoms with Crippen LogP contribution in [0.3, 0.4) is 0 Å². The van der Waals surface area contributed by atoms with Gasteiger partial charge in [-0.25, -0.2) is 0 Å². The molecular weight excluding hydrogens is 332 g/mol. The Morgan fingerprint density at radius 3 is 1.77 bits per heavy atom. The maximum absolute atomic E-state index is 12.2. The topological polar surface area (TPSA) is 76.7 Å². The molecule has 2 amide bonds.